The Morgan fingerprint density at radius 3 is 2.77 bits per heavy atom. The molecule has 156 valence electrons. The Bertz CT molecular complexity index is 987. The minimum absolute atomic E-state index is 0.0481. The molecule has 1 aliphatic rings. The Morgan fingerprint density at radius 2 is 2.00 bits per heavy atom. The highest BCUT2D eigenvalue weighted by Gasteiger charge is 2.41. The molecule has 0 bridgehead atoms. The van der Waals surface area contributed by atoms with Crippen LogP contribution in [0.3, 0.4) is 0 Å². The first kappa shape index (κ1) is 20.6. The van der Waals surface area contributed by atoms with E-state index in [9.17, 15) is 9.18 Å². The van der Waals surface area contributed by atoms with Crippen molar-refractivity contribution in [2.45, 2.75) is 31.1 Å². The number of pyridine rings is 1. The van der Waals surface area contributed by atoms with Crippen LogP contribution in [0.4, 0.5) is 4.39 Å². The molecule has 4 rings (SSSR count). The number of carbonyl (C=O) groups is 1. The number of hydrogen-bond donors (Lipinski definition) is 1. The third-order valence-electron chi connectivity index (χ3n) is 5.54. The molecule has 0 saturated carbocycles. The van der Waals surface area contributed by atoms with Gasteiger partial charge in [0.05, 0.1) is 16.1 Å². The maximum Gasteiger partial charge on any atom is 0.230 e. The number of thiazole rings is 1. The maximum absolute atomic E-state index is 13.8. The fraction of sp³-hybridized carbons (Fsp3) is 0.348. The van der Waals surface area contributed by atoms with E-state index in [2.05, 4.69) is 15.3 Å². The summed E-state index contributed by atoms with van der Waals surface area (Å²) in [6, 6.07) is 10.3. The number of nitrogens with zero attached hydrogens (tertiary/aromatic N) is 2. The van der Waals surface area contributed by atoms with E-state index in [4.69, 9.17) is 4.74 Å². The smallest absolute Gasteiger partial charge is 0.230 e. The Balaban J connectivity index is 1.35. The molecule has 7 heteroatoms. The fourth-order valence-corrected chi connectivity index (χ4v) is 4.69. The first-order valence-electron chi connectivity index (χ1n) is 10.1. The molecule has 1 fully saturated rings. The lowest BCUT2D eigenvalue weighted by atomic mass is 9.73. The van der Waals surface area contributed by atoms with Gasteiger partial charge in [-0.1, -0.05) is 12.1 Å². The number of halogens is 1. The molecule has 3 aromatic rings. The predicted molar refractivity (Wildman–Crippen MR) is 115 cm³/mol. The number of amides is 1. The van der Waals surface area contributed by atoms with Gasteiger partial charge < -0.3 is 10.1 Å². The molecule has 0 aliphatic carbocycles. The van der Waals surface area contributed by atoms with E-state index in [-0.39, 0.29) is 11.7 Å². The molecule has 1 aliphatic heterocycles. The first-order valence-corrected chi connectivity index (χ1v) is 11.0. The Morgan fingerprint density at radius 1 is 1.20 bits per heavy atom. The molecular weight excluding hydrogens is 401 g/mol. The SMILES string of the molecule is O=C(NCCCc1nc(-c2ccncc2)cs1)C1(c2cccc(F)c2)CCOCC1. The molecule has 1 aromatic carbocycles. The average molecular weight is 426 g/mol. The predicted octanol–water partition coefficient (Wildman–Crippen LogP) is 4.14. The second-order valence-electron chi connectivity index (χ2n) is 7.43. The molecule has 1 saturated heterocycles. The molecule has 5 nitrogen and oxygen atoms in total. The number of benzene rings is 1. The Hall–Kier alpha value is -2.64. The summed E-state index contributed by atoms with van der Waals surface area (Å²) in [6.07, 6.45) is 6.23. The third-order valence-corrected chi connectivity index (χ3v) is 6.45. The summed E-state index contributed by atoms with van der Waals surface area (Å²) in [6.45, 7) is 1.56. The highest BCUT2D eigenvalue weighted by molar-refractivity contribution is 7.09. The zero-order chi connectivity index (χ0) is 20.8. The van der Waals surface area contributed by atoms with Crippen molar-refractivity contribution in [1.29, 1.82) is 0 Å². The summed E-state index contributed by atoms with van der Waals surface area (Å²) in [5, 5.41) is 6.16. The number of aromatic nitrogens is 2. The Kier molecular flexibility index (Phi) is 6.50. The van der Waals surface area contributed by atoms with Crippen molar-refractivity contribution >= 4 is 17.2 Å². The van der Waals surface area contributed by atoms with Crippen molar-refractivity contribution in [3.05, 3.63) is 70.6 Å². The van der Waals surface area contributed by atoms with Crippen LogP contribution in [-0.2, 0) is 21.4 Å². The van der Waals surface area contributed by atoms with Gasteiger partial charge >= 0.3 is 0 Å². The number of aryl methyl sites for hydroxylation is 1. The number of nitrogens with one attached hydrogen (secondary N) is 1. The average Bonchev–Trinajstić information content (AvgIpc) is 3.27. The molecule has 0 unspecified atom stereocenters. The van der Waals surface area contributed by atoms with Crippen LogP contribution in [0.1, 0.15) is 29.8 Å². The van der Waals surface area contributed by atoms with Gasteiger partial charge in [-0.2, -0.15) is 0 Å². The molecule has 0 radical (unpaired) electrons. The van der Waals surface area contributed by atoms with Crippen molar-refractivity contribution in [2.75, 3.05) is 19.8 Å². The Labute approximate surface area is 179 Å². The normalized spacial score (nSPS) is 15.6. The van der Waals surface area contributed by atoms with Gasteiger partial charge in [-0.05, 0) is 49.1 Å². The largest absolute Gasteiger partial charge is 0.381 e. The topological polar surface area (TPSA) is 64.1 Å². The van der Waals surface area contributed by atoms with E-state index < -0.39 is 5.41 Å². The molecule has 1 N–H and O–H groups in total. The molecule has 3 heterocycles. The minimum Gasteiger partial charge on any atom is -0.381 e. The van der Waals surface area contributed by atoms with E-state index in [1.54, 1.807) is 29.8 Å². The van der Waals surface area contributed by atoms with Gasteiger partial charge in [-0.15, -0.1) is 11.3 Å². The van der Waals surface area contributed by atoms with Crippen LogP contribution in [0.2, 0.25) is 0 Å². The second kappa shape index (κ2) is 9.45. The van der Waals surface area contributed by atoms with Crippen LogP contribution in [0.5, 0.6) is 0 Å². The molecule has 0 atom stereocenters. The molecule has 30 heavy (non-hydrogen) atoms. The zero-order valence-corrected chi connectivity index (χ0v) is 17.5. The lowest BCUT2D eigenvalue weighted by molar-refractivity contribution is -0.130. The summed E-state index contributed by atoms with van der Waals surface area (Å²) in [5.74, 6) is -0.368. The summed E-state index contributed by atoms with van der Waals surface area (Å²) in [7, 11) is 0. The summed E-state index contributed by atoms with van der Waals surface area (Å²) in [4.78, 5) is 21.8. The van der Waals surface area contributed by atoms with Crippen LogP contribution < -0.4 is 5.32 Å². The van der Waals surface area contributed by atoms with Crippen molar-refractivity contribution in [3.63, 3.8) is 0 Å². The van der Waals surface area contributed by atoms with E-state index >= 15 is 0 Å². The van der Waals surface area contributed by atoms with Crippen LogP contribution in [0.25, 0.3) is 11.3 Å². The van der Waals surface area contributed by atoms with Crippen molar-refractivity contribution in [1.82, 2.24) is 15.3 Å². The fourth-order valence-electron chi connectivity index (χ4n) is 3.84. The number of hydrogen-bond acceptors (Lipinski definition) is 5. The van der Waals surface area contributed by atoms with Crippen LogP contribution in [0.15, 0.2) is 54.2 Å². The van der Waals surface area contributed by atoms with Gasteiger partial charge in [0.25, 0.3) is 0 Å². The summed E-state index contributed by atoms with van der Waals surface area (Å²) >= 11 is 1.63. The second-order valence-corrected chi connectivity index (χ2v) is 8.37. The van der Waals surface area contributed by atoms with Gasteiger partial charge in [0.1, 0.15) is 5.82 Å². The number of ether oxygens (including phenoxy) is 1. The van der Waals surface area contributed by atoms with Gasteiger partial charge in [0, 0.05) is 49.5 Å². The molecule has 0 spiro atoms. The quantitative estimate of drug-likeness (QED) is 0.578. The van der Waals surface area contributed by atoms with Crippen molar-refractivity contribution in [3.8, 4) is 11.3 Å². The molecular formula is C23H24FN3O2S. The van der Waals surface area contributed by atoms with Gasteiger partial charge in [0.2, 0.25) is 5.91 Å². The summed E-state index contributed by atoms with van der Waals surface area (Å²) < 4.78 is 19.3. The zero-order valence-electron chi connectivity index (χ0n) is 16.6. The molecule has 1 amide bonds. The van der Waals surface area contributed by atoms with Crippen LogP contribution in [-0.4, -0.2) is 35.6 Å². The van der Waals surface area contributed by atoms with E-state index in [1.807, 2.05) is 23.6 Å². The van der Waals surface area contributed by atoms with Gasteiger partial charge in [0.15, 0.2) is 0 Å². The van der Waals surface area contributed by atoms with E-state index in [0.717, 1.165) is 34.7 Å². The van der Waals surface area contributed by atoms with Gasteiger partial charge in [-0.25, -0.2) is 9.37 Å². The highest BCUT2D eigenvalue weighted by atomic mass is 32.1. The monoisotopic (exact) mass is 425 g/mol. The van der Waals surface area contributed by atoms with Crippen LogP contribution in [0, 0.1) is 5.82 Å². The third kappa shape index (κ3) is 4.57. The summed E-state index contributed by atoms with van der Waals surface area (Å²) in [5.41, 5.74) is 2.01. The molecule has 2 aromatic heterocycles. The standard InChI is InChI=1S/C23H24FN3O2S/c24-19-4-1-3-18(15-19)23(8-13-29-14-9-23)22(28)26-10-2-5-21-27-20(16-30-21)17-6-11-25-12-7-17/h1,3-4,6-7,11-12,15-16H,2,5,8-10,13-14H2,(H,26,28). The highest BCUT2D eigenvalue weighted by Crippen LogP contribution is 2.35. The number of rotatable bonds is 7. The van der Waals surface area contributed by atoms with Crippen LogP contribution >= 0.6 is 11.3 Å². The maximum atomic E-state index is 13.8. The van der Waals surface area contributed by atoms with E-state index in [1.165, 1.54) is 12.1 Å². The number of carbonyl (C=O) groups excluding carboxylic acids is 1. The minimum atomic E-state index is -0.726. The lowest BCUT2D eigenvalue weighted by Gasteiger charge is -2.36. The van der Waals surface area contributed by atoms with E-state index in [0.29, 0.717) is 32.6 Å². The van der Waals surface area contributed by atoms with Gasteiger partial charge in [-0.3, -0.25) is 9.78 Å². The lowest BCUT2D eigenvalue weighted by Crippen LogP contribution is -2.48. The van der Waals surface area contributed by atoms with Crippen molar-refractivity contribution in [2.24, 2.45) is 0 Å². The van der Waals surface area contributed by atoms with Crippen molar-refractivity contribution < 1.29 is 13.9 Å². The first-order chi connectivity index (χ1) is 14.7.